The molecule has 1 aliphatic rings. The van der Waals surface area contributed by atoms with Crippen molar-refractivity contribution in [1.29, 1.82) is 0 Å². The summed E-state index contributed by atoms with van der Waals surface area (Å²) in [7, 11) is 5.69. The van der Waals surface area contributed by atoms with Crippen LogP contribution < -0.4 is 0 Å². The molecule has 1 aliphatic heterocycles. The maximum Gasteiger partial charge on any atom is 0.337 e. The van der Waals surface area contributed by atoms with E-state index in [1.165, 1.54) is 41.2 Å². The summed E-state index contributed by atoms with van der Waals surface area (Å²) in [5, 5.41) is 36.9. The van der Waals surface area contributed by atoms with Gasteiger partial charge in [0.05, 0.1) is 25.2 Å². The smallest absolute Gasteiger partial charge is 0.337 e. The Morgan fingerprint density at radius 3 is 2.11 bits per heavy atom. The van der Waals surface area contributed by atoms with Gasteiger partial charge in [0.15, 0.2) is 6.10 Å². The maximum atomic E-state index is 11.6. The summed E-state index contributed by atoms with van der Waals surface area (Å²) < 4.78 is 4.53. The van der Waals surface area contributed by atoms with E-state index in [4.69, 9.17) is 20.1 Å². The number of esters is 1. The summed E-state index contributed by atoms with van der Waals surface area (Å²) >= 11 is 0. The van der Waals surface area contributed by atoms with Crippen LogP contribution in [0.15, 0.2) is 0 Å². The van der Waals surface area contributed by atoms with Crippen LogP contribution in [0.4, 0.5) is 0 Å². The number of hydrogen-bond donors (Lipinski definition) is 4. The van der Waals surface area contributed by atoms with E-state index in [0.29, 0.717) is 0 Å². The Bertz CT molecular complexity index is 260. The van der Waals surface area contributed by atoms with Crippen LogP contribution in [-0.2, 0) is 9.53 Å². The zero-order valence-corrected chi connectivity index (χ0v) is 12.5. The second-order valence-electron chi connectivity index (χ2n) is 3.72. The Morgan fingerprint density at radius 1 is 1.17 bits per heavy atom. The fourth-order valence-electron chi connectivity index (χ4n) is 0.938. The van der Waals surface area contributed by atoms with Crippen LogP contribution in [0.3, 0.4) is 0 Å². The molecule has 0 saturated carbocycles. The maximum absolute atomic E-state index is 11.6. The molecule has 4 N–H and O–H groups in total. The zero-order chi connectivity index (χ0) is 13.6. The lowest BCUT2D eigenvalue weighted by Gasteiger charge is -2.27. The predicted octanol–water partition coefficient (Wildman–Crippen LogP) is -0.129. The molecule has 10 heteroatoms. The molecule has 0 aromatic carbocycles. The van der Waals surface area contributed by atoms with Gasteiger partial charge in [0.2, 0.25) is 0 Å². The minimum Gasteiger partial charge on any atom is -0.463 e. The molecular formula is C8H14O6S4. The number of ether oxygens (including phenoxy) is 1. The van der Waals surface area contributed by atoms with Gasteiger partial charge in [-0.15, -0.1) is 0 Å². The molecule has 1 unspecified atom stereocenters. The van der Waals surface area contributed by atoms with Crippen molar-refractivity contribution >= 4 is 47.2 Å². The molecule has 1 rings (SSSR count). The summed E-state index contributed by atoms with van der Waals surface area (Å²) in [4.78, 5) is 11.6. The Hall–Kier alpha value is 0.710. The highest BCUT2D eigenvalue weighted by Gasteiger charge is 2.36. The number of aliphatic hydroxyl groups excluding tert-OH is 4. The lowest BCUT2D eigenvalue weighted by atomic mass is 9.93. The third-order valence-corrected chi connectivity index (χ3v) is 10.0. The average molecular weight is 334 g/mol. The largest absolute Gasteiger partial charge is 0.463 e. The van der Waals surface area contributed by atoms with E-state index < -0.39 is 37.3 Å². The number of carbonyl (C=O) groups is 1. The summed E-state index contributed by atoms with van der Waals surface area (Å²) in [5.41, 5.74) is -1.27. The van der Waals surface area contributed by atoms with Gasteiger partial charge in [-0.2, -0.15) is 0 Å². The van der Waals surface area contributed by atoms with E-state index in [0.717, 1.165) is 0 Å². The summed E-state index contributed by atoms with van der Waals surface area (Å²) in [6.45, 7) is -1.87. The first-order chi connectivity index (χ1) is 8.58. The SMILES string of the molecule is O=C(OCC(CO)(CO)CO)C(O)C1SSSS1. The second kappa shape index (κ2) is 8.10. The quantitative estimate of drug-likeness (QED) is 0.371. The van der Waals surface area contributed by atoms with Crippen molar-refractivity contribution in [3.63, 3.8) is 0 Å². The van der Waals surface area contributed by atoms with Gasteiger partial charge in [-0.05, 0) is 19.7 Å². The fraction of sp³-hybridized carbons (Fsp3) is 0.875. The Kier molecular flexibility index (Phi) is 7.54. The van der Waals surface area contributed by atoms with Gasteiger partial charge in [0, 0.05) is 0 Å². The minimum absolute atomic E-state index is 0.306. The summed E-state index contributed by atoms with van der Waals surface area (Å²) in [6, 6.07) is 0. The van der Waals surface area contributed by atoms with Crippen molar-refractivity contribution in [3.8, 4) is 0 Å². The van der Waals surface area contributed by atoms with Crippen LogP contribution >= 0.6 is 41.2 Å². The first kappa shape index (κ1) is 16.8. The van der Waals surface area contributed by atoms with E-state index in [1.807, 2.05) is 0 Å². The molecule has 1 fully saturated rings. The topological polar surface area (TPSA) is 107 Å². The van der Waals surface area contributed by atoms with Gasteiger partial charge in [0.1, 0.15) is 11.2 Å². The van der Waals surface area contributed by atoms with Crippen molar-refractivity contribution in [1.82, 2.24) is 0 Å². The van der Waals surface area contributed by atoms with Crippen molar-refractivity contribution in [2.24, 2.45) is 5.41 Å². The normalized spacial score (nSPS) is 18.9. The highest BCUT2D eigenvalue weighted by atomic mass is 33.7. The highest BCUT2D eigenvalue weighted by Crippen LogP contribution is 2.59. The lowest BCUT2D eigenvalue weighted by molar-refractivity contribution is -0.160. The second-order valence-corrected chi connectivity index (χ2v) is 10.1. The third kappa shape index (κ3) is 4.37. The average Bonchev–Trinajstić information content (AvgIpc) is 2.93. The Balaban J connectivity index is 2.43. The predicted molar refractivity (Wildman–Crippen MR) is 74.8 cm³/mol. The van der Waals surface area contributed by atoms with E-state index >= 15 is 0 Å². The summed E-state index contributed by atoms with van der Waals surface area (Å²) in [5.74, 6) is -0.817. The number of carbonyl (C=O) groups excluding carboxylic acids is 1. The van der Waals surface area contributed by atoms with Crippen LogP contribution in [-0.4, -0.2) is 63.5 Å². The zero-order valence-electron chi connectivity index (χ0n) is 9.22. The van der Waals surface area contributed by atoms with Crippen LogP contribution in [0, 0.1) is 5.41 Å². The van der Waals surface area contributed by atoms with Crippen molar-refractivity contribution in [2.45, 2.75) is 10.7 Å². The molecule has 1 heterocycles. The molecule has 106 valence electrons. The lowest BCUT2D eigenvalue weighted by Crippen LogP contribution is -2.41. The monoisotopic (exact) mass is 334 g/mol. The molecule has 0 radical (unpaired) electrons. The van der Waals surface area contributed by atoms with Crippen LogP contribution in [0.1, 0.15) is 0 Å². The van der Waals surface area contributed by atoms with Gasteiger partial charge >= 0.3 is 5.97 Å². The van der Waals surface area contributed by atoms with Crippen molar-refractivity contribution < 1.29 is 30.0 Å². The number of rotatable bonds is 7. The molecule has 0 amide bonds. The molecule has 0 aromatic heterocycles. The van der Waals surface area contributed by atoms with E-state index in [2.05, 4.69) is 0 Å². The summed E-state index contributed by atoms with van der Waals surface area (Å²) in [6.07, 6.45) is -1.27. The minimum atomic E-state index is -1.27. The number of aliphatic hydroxyl groups is 4. The Morgan fingerprint density at radius 2 is 1.67 bits per heavy atom. The molecular weight excluding hydrogens is 320 g/mol. The third-order valence-electron chi connectivity index (χ3n) is 2.32. The van der Waals surface area contributed by atoms with Crippen LogP contribution in [0.5, 0.6) is 0 Å². The molecule has 0 bridgehead atoms. The van der Waals surface area contributed by atoms with E-state index in [1.54, 1.807) is 0 Å². The molecule has 1 atom stereocenters. The molecule has 0 spiro atoms. The van der Waals surface area contributed by atoms with Gasteiger partial charge in [-0.3, -0.25) is 0 Å². The van der Waals surface area contributed by atoms with Crippen LogP contribution in [0.25, 0.3) is 0 Å². The van der Waals surface area contributed by atoms with Crippen molar-refractivity contribution in [3.05, 3.63) is 0 Å². The van der Waals surface area contributed by atoms with Gasteiger partial charge < -0.3 is 25.2 Å². The molecule has 0 aromatic rings. The van der Waals surface area contributed by atoms with Gasteiger partial charge in [0.25, 0.3) is 0 Å². The van der Waals surface area contributed by atoms with E-state index in [9.17, 15) is 9.90 Å². The van der Waals surface area contributed by atoms with E-state index in [-0.39, 0.29) is 11.2 Å². The number of hydrogen-bond acceptors (Lipinski definition) is 10. The standard InChI is InChI=1S/C8H14O6S4/c9-1-8(2-10,3-11)4-14-6(13)5(12)7-15-17-18-16-7/h5,7,9-12H,1-4H2. The molecule has 6 nitrogen and oxygen atoms in total. The van der Waals surface area contributed by atoms with Crippen LogP contribution in [0.2, 0.25) is 0 Å². The highest BCUT2D eigenvalue weighted by molar-refractivity contribution is 9.31. The Labute approximate surface area is 119 Å². The molecule has 18 heavy (non-hydrogen) atoms. The molecule has 0 aliphatic carbocycles. The van der Waals surface area contributed by atoms with Crippen molar-refractivity contribution in [2.75, 3.05) is 26.4 Å². The first-order valence-corrected chi connectivity index (χ1v) is 9.85. The van der Waals surface area contributed by atoms with Gasteiger partial charge in [-0.25, -0.2) is 4.79 Å². The fourth-order valence-corrected chi connectivity index (χ4v) is 9.60. The first-order valence-electron chi connectivity index (χ1n) is 4.91. The molecule has 1 saturated heterocycles. The van der Waals surface area contributed by atoms with Gasteiger partial charge in [-0.1, -0.05) is 21.6 Å².